The number of benzene rings is 1. The second-order valence-corrected chi connectivity index (χ2v) is 5.61. The number of nitrogens with zero attached hydrogens (tertiary/aromatic N) is 1. The molecular formula is C13H21BINO. The minimum absolute atomic E-state index is 0.397. The summed E-state index contributed by atoms with van der Waals surface area (Å²) in [5.41, 5.74) is 6.12. The maximum atomic E-state index is 9.97. The van der Waals surface area contributed by atoms with Gasteiger partial charge in [0.05, 0.1) is 28.6 Å². The van der Waals surface area contributed by atoms with Gasteiger partial charge in [-0.25, -0.2) is 0 Å². The van der Waals surface area contributed by atoms with Crippen LogP contribution in [0.2, 0.25) is 6.82 Å². The van der Waals surface area contributed by atoms with E-state index in [1.807, 2.05) is 6.82 Å². The molecule has 1 N–H and O–H groups in total. The third-order valence-corrected chi connectivity index (χ3v) is 4.35. The van der Waals surface area contributed by atoms with E-state index >= 15 is 0 Å². The van der Waals surface area contributed by atoms with Crippen LogP contribution in [0.3, 0.4) is 0 Å². The molecule has 0 radical (unpaired) electrons. The lowest BCUT2D eigenvalue weighted by Crippen LogP contribution is -2.34. The van der Waals surface area contributed by atoms with Gasteiger partial charge in [-0.1, -0.05) is 25.4 Å². The summed E-state index contributed by atoms with van der Waals surface area (Å²) in [5.74, 6) is 0. The zero-order valence-corrected chi connectivity index (χ0v) is 13.5. The quantitative estimate of drug-likeness (QED) is 0.515. The number of hydrogen-bond acceptors (Lipinski definition) is 2. The SMILES string of the molecule is CCc1cc(C)c(N(I)CC)c(C)c1B(C)O. The maximum absolute atomic E-state index is 9.97. The molecule has 0 heterocycles. The number of rotatable bonds is 4. The molecule has 4 heteroatoms. The van der Waals surface area contributed by atoms with Crippen LogP contribution < -0.4 is 8.58 Å². The van der Waals surface area contributed by atoms with E-state index in [1.54, 1.807) is 0 Å². The lowest BCUT2D eigenvalue weighted by atomic mass is 9.60. The van der Waals surface area contributed by atoms with Gasteiger partial charge in [0.1, 0.15) is 0 Å². The fourth-order valence-corrected chi connectivity index (χ4v) is 3.22. The number of anilines is 1. The third kappa shape index (κ3) is 2.96. The molecule has 0 unspecified atom stereocenters. The Morgan fingerprint density at radius 1 is 1.35 bits per heavy atom. The van der Waals surface area contributed by atoms with Gasteiger partial charge in [0.25, 0.3) is 0 Å². The molecule has 0 fully saturated rings. The summed E-state index contributed by atoms with van der Waals surface area (Å²) in [6.07, 6.45) is 0.968. The smallest absolute Gasteiger partial charge is 0.321 e. The van der Waals surface area contributed by atoms with Crippen LogP contribution in [0.4, 0.5) is 5.69 Å². The van der Waals surface area contributed by atoms with Crippen molar-refractivity contribution >= 4 is 40.9 Å². The second-order valence-electron chi connectivity index (χ2n) is 4.45. The minimum Gasteiger partial charge on any atom is -0.446 e. The molecule has 2 nitrogen and oxygen atoms in total. The van der Waals surface area contributed by atoms with E-state index in [4.69, 9.17) is 0 Å². The molecule has 0 bridgehead atoms. The van der Waals surface area contributed by atoms with E-state index in [0.29, 0.717) is 0 Å². The van der Waals surface area contributed by atoms with E-state index in [2.05, 4.69) is 59.7 Å². The van der Waals surface area contributed by atoms with Crippen LogP contribution in [-0.2, 0) is 6.42 Å². The number of halogens is 1. The van der Waals surface area contributed by atoms with E-state index < -0.39 is 6.92 Å². The Kier molecular flexibility index (Phi) is 5.32. The molecule has 0 aliphatic carbocycles. The summed E-state index contributed by atoms with van der Waals surface area (Å²) in [6, 6.07) is 2.21. The highest BCUT2D eigenvalue weighted by molar-refractivity contribution is 14.1. The Morgan fingerprint density at radius 2 is 1.94 bits per heavy atom. The molecule has 0 saturated carbocycles. The summed E-state index contributed by atoms with van der Waals surface area (Å²) >= 11 is 2.34. The van der Waals surface area contributed by atoms with Crippen LogP contribution in [0.15, 0.2) is 6.07 Å². The van der Waals surface area contributed by atoms with Gasteiger partial charge in [-0.3, -0.25) is 0 Å². The number of aryl methyl sites for hydroxylation is 2. The Hall–Kier alpha value is -0.225. The first kappa shape index (κ1) is 14.8. The Labute approximate surface area is 119 Å². The molecule has 1 aromatic rings. The van der Waals surface area contributed by atoms with Crippen LogP contribution in [0, 0.1) is 13.8 Å². The van der Waals surface area contributed by atoms with Gasteiger partial charge in [0.2, 0.25) is 0 Å². The highest BCUT2D eigenvalue weighted by Gasteiger charge is 2.20. The second kappa shape index (κ2) is 6.09. The molecule has 1 aromatic carbocycles. The average Bonchev–Trinajstić information content (AvgIpc) is 2.26. The van der Waals surface area contributed by atoms with E-state index in [9.17, 15) is 5.02 Å². The van der Waals surface area contributed by atoms with Gasteiger partial charge in [0, 0.05) is 6.54 Å². The van der Waals surface area contributed by atoms with Crippen LogP contribution in [-0.4, -0.2) is 18.5 Å². The van der Waals surface area contributed by atoms with Crippen molar-refractivity contribution in [3.05, 3.63) is 22.8 Å². The van der Waals surface area contributed by atoms with Gasteiger partial charge >= 0.3 is 6.92 Å². The molecule has 17 heavy (non-hydrogen) atoms. The monoisotopic (exact) mass is 345 g/mol. The highest BCUT2D eigenvalue weighted by Crippen LogP contribution is 2.28. The first-order chi connectivity index (χ1) is 7.93. The molecule has 0 saturated heterocycles. The lowest BCUT2D eigenvalue weighted by molar-refractivity contribution is 0.593. The normalized spacial score (nSPS) is 10.5. The van der Waals surface area contributed by atoms with Crippen molar-refractivity contribution in [2.45, 2.75) is 40.9 Å². The predicted molar refractivity (Wildman–Crippen MR) is 85.8 cm³/mol. The van der Waals surface area contributed by atoms with Crippen LogP contribution in [0.25, 0.3) is 0 Å². The highest BCUT2D eigenvalue weighted by atomic mass is 127. The first-order valence-corrected chi connectivity index (χ1v) is 7.14. The predicted octanol–water partition coefficient (Wildman–Crippen LogP) is 2.86. The molecule has 0 aliphatic heterocycles. The summed E-state index contributed by atoms with van der Waals surface area (Å²) in [7, 11) is 0. The minimum atomic E-state index is -0.397. The topological polar surface area (TPSA) is 23.5 Å². The zero-order chi connectivity index (χ0) is 13.2. The van der Waals surface area contributed by atoms with E-state index in [0.717, 1.165) is 18.4 Å². The van der Waals surface area contributed by atoms with Crippen molar-refractivity contribution in [3.63, 3.8) is 0 Å². The van der Waals surface area contributed by atoms with Crippen molar-refractivity contribution < 1.29 is 5.02 Å². The van der Waals surface area contributed by atoms with Gasteiger partial charge < -0.3 is 8.14 Å². The summed E-state index contributed by atoms with van der Waals surface area (Å²) < 4.78 is 2.22. The summed E-state index contributed by atoms with van der Waals surface area (Å²) in [5, 5.41) is 9.97. The molecule has 94 valence electrons. The molecule has 0 spiro atoms. The lowest BCUT2D eigenvalue weighted by Gasteiger charge is -2.24. The van der Waals surface area contributed by atoms with Crippen LogP contribution in [0.5, 0.6) is 0 Å². The van der Waals surface area contributed by atoms with Gasteiger partial charge in [-0.05, 0) is 43.8 Å². The molecule has 1 rings (SSSR count). The largest absolute Gasteiger partial charge is 0.446 e. The molecular weight excluding hydrogens is 324 g/mol. The maximum Gasteiger partial charge on any atom is 0.321 e. The average molecular weight is 345 g/mol. The third-order valence-electron chi connectivity index (χ3n) is 3.19. The summed E-state index contributed by atoms with van der Waals surface area (Å²) in [6.45, 7) is 11.0. The van der Waals surface area contributed by atoms with E-state index in [-0.39, 0.29) is 0 Å². The standard InChI is InChI=1S/C13H21BINO/c1-6-11-8-9(3)13(16(15)7-2)10(4)12(11)14(5)17/h8,17H,6-7H2,1-5H3. The van der Waals surface area contributed by atoms with Crippen molar-refractivity contribution in [2.24, 2.45) is 0 Å². The zero-order valence-electron chi connectivity index (χ0n) is 11.3. The Balaban J connectivity index is 3.48. The van der Waals surface area contributed by atoms with Gasteiger partial charge in [-0.15, -0.1) is 0 Å². The molecule has 0 aliphatic rings. The summed E-state index contributed by atoms with van der Waals surface area (Å²) in [4.78, 5) is 0. The molecule has 0 aromatic heterocycles. The van der Waals surface area contributed by atoms with Crippen molar-refractivity contribution in [3.8, 4) is 0 Å². The Morgan fingerprint density at radius 3 is 2.35 bits per heavy atom. The Bertz CT molecular complexity index is 407. The fraction of sp³-hybridized carbons (Fsp3) is 0.538. The van der Waals surface area contributed by atoms with E-state index in [1.165, 1.54) is 22.4 Å². The van der Waals surface area contributed by atoms with Crippen LogP contribution >= 0.6 is 22.9 Å². The molecule has 0 amide bonds. The van der Waals surface area contributed by atoms with Gasteiger partial charge in [0.15, 0.2) is 0 Å². The van der Waals surface area contributed by atoms with Crippen molar-refractivity contribution in [1.82, 2.24) is 0 Å². The van der Waals surface area contributed by atoms with Gasteiger partial charge in [-0.2, -0.15) is 0 Å². The van der Waals surface area contributed by atoms with Crippen LogP contribution in [0.1, 0.15) is 30.5 Å². The number of hydrogen-bond donors (Lipinski definition) is 1. The first-order valence-electron chi connectivity index (χ1n) is 6.18. The van der Waals surface area contributed by atoms with Crippen molar-refractivity contribution in [1.29, 1.82) is 0 Å². The fourth-order valence-electron chi connectivity index (χ4n) is 2.48. The molecule has 0 atom stereocenters. The van der Waals surface area contributed by atoms with Crippen molar-refractivity contribution in [2.75, 3.05) is 9.66 Å².